The van der Waals surface area contributed by atoms with E-state index in [4.69, 9.17) is 9.52 Å². The van der Waals surface area contributed by atoms with E-state index < -0.39 is 40.5 Å². The Bertz CT molecular complexity index is 846. The molecule has 2 rings (SSSR count). The van der Waals surface area contributed by atoms with Crippen molar-refractivity contribution >= 4 is 22.7 Å². The summed E-state index contributed by atoms with van der Waals surface area (Å²) in [6.07, 6.45) is -0.273. The number of ketones is 1. The molecule has 0 aliphatic rings. The van der Waals surface area contributed by atoms with E-state index in [0.717, 1.165) is 6.07 Å². The number of carbonyl (C=O) groups excluding carboxylic acids is 1. The van der Waals surface area contributed by atoms with E-state index in [-0.39, 0.29) is 29.1 Å². The van der Waals surface area contributed by atoms with Gasteiger partial charge in [0, 0.05) is 6.07 Å². The number of rotatable bonds is 4. The van der Waals surface area contributed by atoms with Gasteiger partial charge < -0.3 is 24.8 Å². The van der Waals surface area contributed by atoms with Crippen molar-refractivity contribution in [3.8, 4) is 11.5 Å². The summed E-state index contributed by atoms with van der Waals surface area (Å²) in [6, 6.07) is 0.878. The van der Waals surface area contributed by atoms with Gasteiger partial charge in [-0.05, 0) is 6.92 Å². The van der Waals surface area contributed by atoms with Crippen LogP contribution >= 0.6 is 0 Å². The predicted molar refractivity (Wildman–Crippen MR) is 73.1 cm³/mol. The Kier molecular flexibility index (Phi) is 3.87. The molecule has 0 aliphatic heterocycles. The summed E-state index contributed by atoms with van der Waals surface area (Å²) in [5.41, 5.74) is -2.28. The molecular formula is C14H12O8. The zero-order valence-corrected chi connectivity index (χ0v) is 11.4. The number of aliphatic hydroxyl groups is 1. The Labute approximate surface area is 122 Å². The number of carboxylic acids is 1. The average molecular weight is 308 g/mol. The van der Waals surface area contributed by atoms with Crippen molar-refractivity contribution in [1.29, 1.82) is 0 Å². The van der Waals surface area contributed by atoms with Crippen LogP contribution in [-0.2, 0) is 17.8 Å². The lowest BCUT2D eigenvalue weighted by molar-refractivity contribution is -0.116. The minimum Gasteiger partial charge on any atom is -0.504 e. The molecule has 0 spiro atoms. The van der Waals surface area contributed by atoms with E-state index in [1.54, 1.807) is 0 Å². The minimum atomic E-state index is -1.64. The van der Waals surface area contributed by atoms with Crippen LogP contribution in [0.2, 0.25) is 0 Å². The number of hydrogen-bond acceptors (Lipinski definition) is 7. The van der Waals surface area contributed by atoms with Gasteiger partial charge in [0.2, 0.25) is 0 Å². The average Bonchev–Trinajstić information content (AvgIpc) is 2.40. The Hall–Kier alpha value is -2.87. The van der Waals surface area contributed by atoms with Gasteiger partial charge in [0.15, 0.2) is 16.9 Å². The number of carboxylic acid groups (broad SMARTS) is 1. The highest BCUT2D eigenvalue weighted by atomic mass is 16.4. The van der Waals surface area contributed by atoms with Crippen LogP contribution in [0.1, 0.15) is 28.6 Å². The fourth-order valence-corrected chi connectivity index (χ4v) is 2.15. The van der Waals surface area contributed by atoms with E-state index >= 15 is 0 Å². The third-order valence-electron chi connectivity index (χ3n) is 3.10. The molecule has 2 aromatic rings. The third-order valence-corrected chi connectivity index (χ3v) is 3.10. The standard InChI is InChI=1S/C14H12O8/c1-5(16)2-8-6(4-15)12(18)10-9(22-8)3-7(17)13(19)11(10)14(20)21/h3,15,17,19H,2,4H2,1H3,(H,20,21). The minimum absolute atomic E-state index is 0.117. The maximum Gasteiger partial charge on any atom is 0.340 e. The lowest BCUT2D eigenvalue weighted by atomic mass is 10.0. The van der Waals surface area contributed by atoms with Crippen LogP contribution in [0.3, 0.4) is 0 Å². The van der Waals surface area contributed by atoms with Gasteiger partial charge in [0.05, 0.1) is 24.0 Å². The van der Waals surface area contributed by atoms with Crippen LogP contribution in [-0.4, -0.2) is 32.2 Å². The number of fused-ring (bicyclic) bond motifs is 1. The molecule has 1 aromatic carbocycles. The van der Waals surface area contributed by atoms with Gasteiger partial charge >= 0.3 is 5.97 Å². The molecule has 1 aromatic heterocycles. The topological polar surface area (TPSA) is 145 Å². The molecule has 0 bridgehead atoms. The van der Waals surface area contributed by atoms with Crippen molar-refractivity contribution in [2.75, 3.05) is 0 Å². The summed E-state index contributed by atoms with van der Waals surface area (Å²) < 4.78 is 5.29. The first-order valence-electron chi connectivity index (χ1n) is 6.15. The molecule has 0 amide bonds. The van der Waals surface area contributed by atoms with Crippen molar-refractivity contribution < 1.29 is 34.4 Å². The molecule has 8 heteroatoms. The summed E-state index contributed by atoms with van der Waals surface area (Å²) in [4.78, 5) is 34.8. The number of hydrogen-bond donors (Lipinski definition) is 4. The fraction of sp³-hybridized carbons (Fsp3) is 0.214. The number of benzene rings is 1. The molecule has 1 heterocycles. The van der Waals surface area contributed by atoms with Crippen LogP contribution < -0.4 is 5.43 Å². The van der Waals surface area contributed by atoms with Crippen LogP contribution in [0.25, 0.3) is 11.0 Å². The van der Waals surface area contributed by atoms with Crippen molar-refractivity contribution in [3.05, 3.63) is 33.2 Å². The summed E-state index contributed by atoms with van der Waals surface area (Å²) in [6.45, 7) is 0.490. The molecule has 4 N–H and O–H groups in total. The second kappa shape index (κ2) is 5.49. The number of aromatic carboxylic acids is 1. The number of phenolic OH excluding ortho intramolecular Hbond substituents is 1. The Morgan fingerprint density at radius 1 is 1.27 bits per heavy atom. The quantitative estimate of drug-likeness (QED) is 0.598. The normalized spacial score (nSPS) is 10.8. The summed E-state index contributed by atoms with van der Waals surface area (Å²) in [5, 5.41) is 37.1. The maximum absolute atomic E-state index is 12.4. The van der Waals surface area contributed by atoms with Crippen LogP contribution in [0.5, 0.6) is 11.5 Å². The van der Waals surface area contributed by atoms with Crippen molar-refractivity contribution in [2.24, 2.45) is 0 Å². The van der Waals surface area contributed by atoms with E-state index in [1.807, 2.05) is 0 Å². The van der Waals surface area contributed by atoms with Gasteiger partial charge in [0.25, 0.3) is 0 Å². The molecule has 116 valence electrons. The van der Waals surface area contributed by atoms with Gasteiger partial charge in [0.1, 0.15) is 22.7 Å². The van der Waals surface area contributed by atoms with Crippen molar-refractivity contribution in [3.63, 3.8) is 0 Å². The largest absolute Gasteiger partial charge is 0.504 e. The molecule has 8 nitrogen and oxygen atoms in total. The fourth-order valence-electron chi connectivity index (χ4n) is 2.15. The summed E-state index contributed by atoms with van der Waals surface area (Å²) >= 11 is 0. The highest BCUT2D eigenvalue weighted by Crippen LogP contribution is 2.35. The molecule has 0 unspecified atom stereocenters. The number of phenols is 2. The molecule has 0 aliphatic carbocycles. The Morgan fingerprint density at radius 2 is 1.91 bits per heavy atom. The van der Waals surface area contributed by atoms with Gasteiger partial charge in [-0.3, -0.25) is 9.59 Å². The SMILES string of the molecule is CC(=O)Cc1oc2cc(O)c(O)c(C(=O)O)c2c(=O)c1CO. The maximum atomic E-state index is 12.4. The molecule has 0 saturated heterocycles. The molecule has 22 heavy (non-hydrogen) atoms. The van der Waals surface area contributed by atoms with E-state index in [9.17, 15) is 29.7 Å². The van der Waals surface area contributed by atoms with E-state index in [0.29, 0.717) is 0 Å². The molecule has 0 fully saturated rings. The summed E-state index contributed by atoms with van der Waals surface area (Å²) in [5.74, 6) is -3.85. The van der Waals surface area contributed by atoms with Gasteiger partial charge in [-0.15, -0.1) is 0 Å². The Morgan fingerprint density at radius 3 is 2.41 bits per heavy atom. The smallest absolute Gasteiger partial charge is 0.340 e. The zero-order valence-electron chi connectivity index (χ0n) is 11.4. The first-order chi connectivity index (χ1) is 10.3. The van der Waals surface area contributed by atoms with Crippen LogP contribution in [0, 0.1) is 0 Å². The van der Waals surface area contributed by atoms with E-state index in [2.05, 4.69) is 0 Å². The van der Waals surface area contributed by atoms with Gasteiger partial charge in [-0.1, -0.05) is 0 Å². The second-order valence-corrected chi connectivity index (χ2v) is 4.67. The number of Topliss-reactive ketones (excluding diaryl/α,β-unsaturated/α-hetero) is 1. The Balaban J connectivity index is 2.99. The number of aliphatic hydroxyl groups excluding tert-OH is 1. The van der Waals surface area contributed by atoms with Crippen molar-refractivity contribution in [2.45, 2.75) is 20.0 Å². The summed E-state index contributed by atoms with van der Waals surface area (Å²) in [7, 11) is 0. The van der Waals surface area contributed by atoms with Gasteiger partial charge in [-0.2, -0.15) is 0 Å². The van der Waals surface area contributed by atoms with Crippen molar-refractivity contribution in [1.82, 2.24) is 0 Å². The lowest BCUT2D eigenvalue weighted by Crippen LogP contribution is -2.17. The monoisotopic (exact) mass is 308 g/mol. The first-order valence-corrected chi connectivity index (χ1v) is 6.15. The number of aromatic hydroxyl groups is 2. The zero-order chi connectivity index (χ0) is 16.6. The highest BCUT2D eigenvalue weighted by molar-refractivity contribution is 6.06. The molecular weight excluding hydrogens is 296 g/mol. The predicted octanol–water partition coefficient (Wildman–Crippen LogP) is 0.526. The second-order valence-electron chi connectivity index (χ2n) is 4.67. The van der Waals surface area contributed by atoms with Crippen LogP contribution in [0.15, 0.2) is 15.3 Å². The van der Waals surface area contributed by atoms with Crippen LogP contribution in [0.4, 0.5) is 0 Å². The van der Waals surface area contributed by atoms with Gasteiger partial charge in [-0.25, -0.2) is 4.79 Å². The number of carbonyl (C=O) groups is 2. The molecule has 0 saturated carbocycles. The molecule has 0 atom stereocenters. The lowest BCUT2D eigenvalue weighted by Gasteiger charge is -2.10. The van der Waals surface area contributed by atoms with E-state index in [1.165, 1.54) is 6.92 Å². The first kappa shape index (κ1) is 15.5. The molecule has 0 radical (unpaired) electrons. The highest BCUT2D eigenvalue weighted by Gasteiger charge is 2.25. The third kappa shape index (κ3) is 2.40.